The van der Waals surface area contributed by atoms with Crippen LogP contribution < -0.4 is 0 Å². The number of aryl methyl sites for hydroxylation is 7. The summed E-state index contributed by atoms with van der Waals surface area (Å²) in [5.74, 6) is 2.57. The third kappa shape index (κ3) is 44.8. The molecule has 1 unspecified atom stereocenters. The second kappa shape index (κ2) is 61.2. The summed E-state index contributed by atoms with van der Waals surface area (Å²) >= 11 is 0. The van der Waals surface area contributed by atoms with Crippen molar-refractivity contribution in [2.45, 2.75) is 186 Å². The Hall–Kier alpha value is -13.2. The zero-order valence-electron chi connectivity index (χ0n) is 78.8. The van der Waals surface area contributed by atoms with Gasteiger partial charge in [0.15, 0.2) is 5.78 Å². The van der Waals surface area contributed by atoms with E-state index >= 15 is 0 Å². The number of hydrogen-bond donors (Lipinski definition) is 1. The Balaban J connectivity index is 0.000000474. The molecular formula is C116H136O11. The first kappa shape index (κ1) is 110. The highest BCUT2D eigenvalue weighted by Gasteiger charge is 2.48. The van der Waals surface area contributed by atoms with Gasteiger partial charge >= 0.3 is 0 Å². The summed E-state index contributed by atoms with van der Waals surface area (Å²) in [6.07, 6.45) is 15.0. The molecule has 0 aliphatic heterocycles. The average Bonchev–Trinajstić information content (AvgIpc) is 1.61. The predicted octanol–water partition coefficient (Wildman–Crippen LogP) is 27.6. The van der Waals surface area contributed by atoms with Crippen molar-refractivity contribution < 1.29 is 52.9 Å². The van der Waals surface area contributed by atoms with Crippen LogP contribution in [-0.2, 0) is 56.5 Å². The van der Waals surface area contributed by atoms with Crippen LogP contribution in [0.5, 0.6) is 0 Å². The van der Waals surface area contributed by atoms with E-state index in [0.29, 0.717) is 59.0 Å². The second-order valence-corrected chi connectivity index (χ2v) is 32.3. The number of aliphatic hydroxyl groups excluding tert-OH is 1. The van der Waals surface area contributed by atoms with Crippen molar-refractivity contribution in [1.29, 1.82) is 0 Å². The number of aldehydes is 6. The number of Topliss-reactive ketones (excluding diaryl/α,β-unsaturated/α-hetero) is 2. The summed E-state index contributed by atoms with van der Waals surface area (Å²) in [5.41, 5.74) is 27.0. The second-order valence-electron chi connectivity index (χ2n) is 32.3. The van der Waals surface area contributed by atoms with Crippen molar-refractivity contribution in [2.75, 3.05) is 14.2 Å². The van der Waals surface area contributed by atoms with E-state index in [2.05, 4.69) is 180 Å². The molecule has 1 atom stereocenters. The lowest BCUT2D eigenvalue weighted by atomic mass is 9.92. The number of hydrogen-bond acceptors (Lipinski definition) is 11. The molecule has 0 saturated heterocycles. The van der Waals surface area contributed by atoms with Gasteiger partial charge in [-0.25, -0.2) is 0 Å². The number of methoxy groups -OCH3 is 2. The van der Waals surface area contributed by atoms with Gasteiger partial charge in [0.2, 0.25) is 0 Å². The van der Waals surface area contributed by atoms with Crippen molar-refractivity contribution in [3.05, 3.63) is 428 Å². The lowest BCUT2D eigenvalue weighted by molar-refractivity contribution is -0.119. The normalized spacial score (nSPS) is 11.0. The summed E-state index contributed by atoms with van der Waals surface area (Å²) in [7, 11) is 3.30. The van der Waals surface area contributed by atoms with E-state index in [-0.39, 0.29) is 11.2 Å². The van der Waals surface area contributed by atoms with Gasteiger partial charge in [-0.2, -0.15) is 0 Å². The molecule has 1 saturated carbocycles. The third-order valence-corrected chi connectivity index (χ3v) is 20.3. The zero-order chi connectivity index (χ0) is 95.0. The molecule has 0 bridgehead atoms. The first-order valence-electron chi connectivity index (χ1n) is 42.8. The van der Waals surface area contributed by atoms with Crippen molar-refractivity contribution in [3.8, 4) is 0 Å². The van der Waals surface area contributed by atoms with Crippen molar-refractivity contribution in [2.24, 2.45) is 0 Å². The molecular weight excluding hydrogens is 1570 g/mol. The minimum Gasteiger partial charge on any atom is -0.504 e. The molecule has 666 valence electrons. The number of benzene rings is 11. The smallest absolute Gasteiger partial charge is 0.159 e. The minimum absolute atomic E-state index is 0.0267. The number of ketones is 2. The Morgan fingerprint density at radius 3 is 0.858 bits per heavy atom. The maximum Gasteiger partial charge on any atom is 0.159 e. The van der Waals surface area contributed by atoms with Gasteiger partial charge in [-0.15, -0.1) is 0 Å². The van der Waals surface area contributed by atoms with E-state index in [1.165, 1.54) is 79.2 Å². The van der Waals surface area contributed by atoms with Crippen LogP contribution in [0.2, 0.25) is 0 Å². The number of aliphatic hydroxyl groups is 1. The van der Waals surface area contributed by atoms with Crippen LogP contribution in [0.3, 0.4) is 0 Å². The topological polar surface area (TPSA) is 175 Å². The van der Waals surface area contributed by atoms with Crippen molar-refractivity contribution in [1.82, 2.24) is 0 Å². The lowest BCUT2D eigenvalue weighted by Gasteiger charge is -2.11. The fourth-order valence-electron chi connectivity index (χ4n) is 11.3. The molecule has 11 heteroatoms. The summed E-state index contributed by atoms with van der Waals surface area (Å²) < 4.78 is 9.64. The van der Waals surface area contributed by atoms with Crippen LogP contribution >= 0.6 is 0 Å². The summed E-state index contributed by atoms with van der Waals surface area (Å²) in [4.78, 5) is 83.7. The zero-order valence-corrected chi connectivity index (χ0v) is 78.8. The largest absolute Gasteiger partial charge is 0.504 e. The molecule has 1 aliphatic rings. The van der Waals surface area contributed by atoms with Gasteiger partial charge < -0.3 is 24.2 Å². The van der Waals surface area contributed by atoms with E-state index in [9.17, 15) is 43.5 Å². The molecule has 0 radical (unpaired) electrons. The fourth-order valence-corrected chi connectivity index (χ4v) is 11.3. The van der Waals surface area contributed by atoms with Gasteiger partial charge in [0.05, 0.1) is 38.3 Å². The van der Waals surface area contributed by atoms with E-state index in [0.717, 1.165) is 106 Å². The Bertz CT molecular complexity index is 5150. The molecule has 1 aliphatic carbocycles. The molecule has 127 heavy (non-hydrogen) atoms. The highest BCUT2D eigenvalue weighted by molar-refractivity contribution is 6.18. The highest BCUT2D eigenvalue weighted by Crippen LogP contribution is 2.49. The monoisotopic (exact) mass is 1710 g/mol. The van der Waals surface area contributed by atoms with E-state index in [1.807, 2.05) is 229 Å². The highest BCUT2D eigenvalue weighted by atomic mass is 16.5. The lowest BCUT2D eigenvalue weighted by Crippen LogP contribution is -2.16. The Kier molecular flexibility index (Phi) is 52.9. The Morgan fingerprint density at radius 2 is 0.591 bits per heavy atom. The van der Waals surface area contributed by atoms with E-state index in [1.54, 1.807) is 40.6 Å². The van der Waals surface area contributed by atoms with E-state index in [4.69, 9.17) is 9.47 Å². The predicted molar refractivity (Wildman–Crippen MR) is 535 cm³/mol. The first-order valence-corrected chi connectivity index (χ1v) is 42.8. The number of rotatable bonds is 24. The molecule has 0 aromatic heterocycles. The SMILES string of the molecule is C=C(C(C)=O)c1ccc(C)cc1.C=C(C=O)c1ccc(C(C)C)cc1.C=C(C=O)c1ccc(C)cc1.C=C(c1ccc(C)cc1)C(C)O.CC(=O)C1(c2ccc(C)cc2)CC1.CC(C)c1ccc(C=O)cc1.CC(C)c1ccc(CC=O)cc1.COC=Cc1ccc(C(C)C)cc1.COC=Cc1ccc(C)cc1.Cc1ccc(C=O)cc1.Cc1ccc(CC=O)cc1. The number of allylic oxidation sites excluding steroid dienone is 3. The summed E-state index contributed by atoms with van der Waals surface area (Å²) in [6, 6.07) is 87.9. The number of carbonyl (C=O) groups is 8. The molecule has 0 spiro atoms. The molecule has 0 heterocycles. The molecule has 11 aromatic rings. The average molecular weight is 1710 g/mol. The van der Waals surface area contributed by atoms with E-state index < -0.39 is 6.10 Å². The van der Waals surface area contributed by atoms with Crippen LogP contribution in [0.25, 0.3) is 34.4 Å². The van der Waals surface area contributed by atoms with Crippen LogP contribution in [0.4, 0.5) is 0 Å². The molecule has 11 aromatic carbocycles. The van der Waals surface area contributed by atoms with Gasteiger partial charge in [-0.3, -0.25) is 28.8 Å². The summed E-state index contributed by atoms with van der Waals surface area (Å²) in [6.45, 7) is 51.2. The van der Waals surface area contributed by atoms with Crippen LogP contribution in [0.15, 0.2) is 306 Å². The maximum absolute atomic E-state index is 11.4. The van der Waals surface area contributed by atoms with Crippen LogP contribution in [0.1, 0.15) is 245 Å². The molecule has 11 nitrogen and oxygen atoms in total. The third-order valence-electron chi connectivity index (χ3n) is 20.3. The van der Waals surface area contributed by atoms with Gasteiger partial charge in [-0.1, -0.05) is 388 Å². The van der Waals surface area contributed by atoms with Gasteiger partial charge in [0.25, 0.3) is 0 Å². The van der Waals surface area contributed by atoms with Crippen molar-refractivity contribution in [3.63, 3.8) is 0 Å². The first-order chi connectivity index (χ1) is 60.4. The molecule has 1 fully saturated rings. The quantitative estimate of drug-likeness (QED) is 0.0346. The Morgan fingerprint density at radius 1 is 0.346 bits per heavy atom. The Labute approximate surface area is 759 Å². The van der Waals surface area contributed by atoms with Crippen molar-refractivity contribution >= 4 is 83.7 Å². The molecule has 12 rings (SSSR count). The maximum atomic E-state index is 11.4. The van der Waals surface area contributed by atoms with Crippen LogP contribution in [0, 0.1) is 48.5 Å². The molecule has 0 amide bonds. The van der Waals surface area contributed by atoms with Gasteiger partial charge in [-0.05, 0) is 196 Å². The standard InChI is InChI=1S/C12H14O.C12H16O.C12H14O.C11H14O.C11H12O.C11H14O.C10H12O.C10H10O.C10H12O.C9H10O.C8H8O/c1-9-3-5-11(6-4-9)12(7-8-12)10(2)13;1-10(2)12-6-4-11(5-7-12)8-9-13-3;1-9(2)11-4-6-12(7-5-11)10(3)8-13;2*1-8-4-6-11(7-5-8)9(2)10(3)12;1-9(2)11-5-3-10(4-6-11)7-8-12;1-9-3-5-10(6-4-9)7-8-11-2;1-8-3-5-10(6-4-8)9(2)7-11;1-8(2)10-5-3-9(7-11)4-6-10;1-8-2-4-9(5-3-8)6-7-10;1-7-2-4-8(6-9)5-3-7/h3-6H,7-8H2,1-2H3;4-10H,1-3H3;4-9H,3H2,1-2H3;4-7,10,12H,2H2,1,3H3;4-7H,2H2,1,3H3;3-6,8-9H,7H2,1-2H3;3-8H,1-2H3;3-7H,2H2,1H3;3-8H,1-2H3;2-5,7H,6H2,1H3;2-6H,1H3. The number of ether oxygens (including phenoxy) is 2. The van der Waals surface area contributed by atoms with Gasteiger partial charge in [0, 0.05) is 40.7 Å². The minimum atomic E-state index is -0.465. The summed E-state index contributed by atoms with van der Waals surface area (Å²) in [5, 5.41) is 9.24. The van der Waals surface area contributed by atoms with Gasteiger partial charge in [0.1, 0.15) is 43.5 Å². The van der Waals surface area contributed by atoms with Crippen LogP contribution in [-0.4, -0.2) is 74.7 Å². The molecule has 1 N–H and O–H groups in total. The fraction of sp³-hybridized carbons (Fsp3) is 0.259. The number of carbonyl (C=O) groups excluding carboxylic acids is 8.